The smallest absolute Gasteiger partial charge is 0.251 e. The van der Waals surface area contributed by atoms with Gasteiger partial charge in [-0.05, 0) is 18.2 Å². The highest BCUT2D eigenvalue weighted by Crippen LogP contribution is 1.72. The van der Waals surface area contributed by atoms with Crippen LogP contribution in [0.1, 0.15) is 6.99 Å². The van der Waals surface area contributed by atoms with Gasteiger partial charge in [0.2, 0.25) is 0 Å². The van der Waals surface area contributed by atoms with Gasteiger partial charge in [0, 0.05) is 12.3 Å². The van der Waals surface area contributed by atoms with Gasteiger partial charge in [-0.1, -0.05) is 13.2 Å². The quantitative estimate of drug-likeness (QED) is 0.525. The molecule has 0 spiro atoms. The number of rotatable bonds is 0. The summed E-state index contributed by atoms with van der Waals surface area (Å²) in [7, 11) is 0. The largest absolute Gasteiger partial charge is 0.322 e. The van der Waals surface area contributed by atoms with Gasteiger partial charge in [0.25, 0.3) is 5.56 Å². The summed E-state index contributed by atoms with van der Waals surface area (Å²) in [6.45, 7) is 9.04. The van der Waals surface area contributed by atoms with Crippen molar-refractivity contribution < 1.29 is 1.43 Å². The minimum absolute atomic E-state index is 0. The van der Waals surface area contributed by atoms with Crippen molar-refractivity contribution in [1.82, 2.24) is 4.98 Å². The lowest BCUT2D eigenvalue weighted by molar-refractivity contribution is 1.12. The zero-order valence-electron chi connectivity index (χ0n) is 5.90. The average molecular weight is 137 g/mol. The van der Waals surface area contributed by atoms with E-state index in [9.17, 15) is 4.79 Å². The Morgan fingerprint density at radius 2 is 2.20 bits per heavy atom. The molecule has 0 aliphatic heterocycles. The average Bonchev–Trinajstić information content (AvgIpc) is 1.84. The topological polar surface area (TPSA) is 32.9 Å². The van der Waals surface area contributed by atoms with Crippen LogP contribution in [0, 0.1) is 6.92 Å². The summed E-state index contributed by atoms with van der Waals surface area (Å²) in [6.07, 6.45) is 0. The van der Waals surface area contributed by atoms with Crippen LogP contribution in [0.15, 0.2) is 10.9 Å². The lowest BCUT2D eigenvalue weighted by atomic mass is 10.3. The Kier molecular flexibility index (Phi) is 1.45. The molecule has 2 heteroatoms. The highest BCUT2D eigenvalue weighted by molar-refractivity contribution is 5.15. The Bertz CT molecular complexity index is 394. The molecule has 0 unspecified atom stereocenters. The molecule has 2 nitrogen and oxygen atoms in total. The van der Waals surface area contributed by atoms with Crippen molar-refractivity contribution in [3.63, 3.8) is 0 Å². The number of hydrogen-bond acceptors (Lipinski definition) is 1. The number of aromatic amines is 1. The van der Waals surface area contributed by atoms with Crippen molar-refractivity contribution in [3.05, 3.63) is 32.6 Å². The minimum Gasteiger partial charge on any atom is -0.322 e. The minimum atomic E-state index is -0.0857. The Morgan fingerprint density at radius 1 is 1.60 bits per heavy atom. The fourth-order valence-electron chi connectivity index (χ4n) is 0.730. The first-order valence-electron chi connectivity index (χ1n) is 2.99. The maximum atomic E-state index is 10.9. The predicted molar refractivity (Wildman–Crippen MR) is 44.2 cm³/mol. The van der Waals surface area contributed by atoms with E-state index in [0.29, 0.717) is 10.9 Å². The maximum absolute atomic E-state index is 10.9. The Labute approximate surface area is 60.0 Å². The molecule has 1 aromatic rings. The van der Waals surface area contributed by atoms with Crippen molar-refractivity contribution >= 4 is 13.2 Å². The van der Waals surface area contributed by atoms with E-state index < -0.39 is 0 Å². The van der Waals surface area contributed by atoms with Crippen LogP contribution in [-0.4, -0.2) is 4.98 Å². The van der Waals surface area contributed by atoms with E-state index in [1.54, 1.807) is 13.0 Å². The molecule has 54 valence electrons. The van der Waals surface area contributed by atoms with E-state index in [1.165, 1.54) is 0 Å². The number of aryl methyl sites for hydroxylation is 1. The molecule has 0 bridgehead atoms. The van der Waals surface area contributed by atoms with E-state index in [-0.39, 0.29) is 6.99 Å². The van der Waals surface area contributed by atoms with E-state index >= 15 is 0 Å². The summed E-state index contributed by atoms with van der Waals surface area (Å²) in [6, 6.07) is 1.72. The van der Waals surface area contributed by atoms with Gasteiger partial charge in [-0.25, -0.2) is 0 Å². The third-order valence-corrected chi connectivity index (χ3v) is 1.40. The van der Waals surface area contributed by atoms with E-state index in [4.69, 9.17) is 0 Å². The molecule has 1 aromatic heterocycles. The number of H-pyrrole nitrogens is 1. The second-order valence-electron chi connectivity index (χ2n) is 2.29. The summed E-state index contributed by atoms with van der Waals surface area (Å²) >= 11 is 0. The van der Waals surface area contributed by atoms with Gasteiger partial charge in [-0.2, -0.15) is 0 Å². The number of nitrogens with one attached hydrogen (secondary N) is 1. The zero-order valence-corrected chi connectivity index (χ0v) is 5.90. The van der Waals surface area contributed by atoms with Crippen LogP contribution in [0.4, 0.5) is 0 Å². The summed E-state index contributed by atoms with van der Waals surface area (Å²) < 4.78 is 0. The van der Waals surface area contributed by atoms with Crippen molar-refractivity contribution in [1.29, 1.82) is 0 Å². The fraction of sp³-hybridized carbons (Fsp3) is 0.125. The van der Waals surface area contributed by atoms with E-state index in [2.05, 4.69) is 18.1 Å². The van der Waals surface area contributed by atoms with Gasteiger partial charge in [0.1, 0.15) is 0 Å². The monoisotopic (exact) mass is 137 g/mol. The fourth-order valence-corrected chi connectivity index (χ4v) is 0.730. The first-order chi connectivity index (χ1) is 4.61. The molecule has 0 saturated heterocycles. The number of hydrogen-bond donors (Lipinski definition) is 1. The third kappa shape index (κ3) is 1.00. The summed E-state index contributed by atoms with van der Waals surface area (Å²) in [5.41, 5.74) is 0.592. The van der Waals surface area contributed by atoms with Crippen LogP contribution in [0.5, 0.6) is 0 Å². The summed E-state index contributed by atoms with van der Waals surface area (Å²) in [5, 5.41) is 1.37. The molecule has 0 amide bonds. The van der Waals surface area contributed by atoms with E-state index in [1.807, 2.05) is 0 Å². The Hall–Kier alpha value is -1.31. The molecule has 0 aliphatic carbocycles. The Morgan fingerprint density at radius 3 is 2.70 bits per heavy atom. The molecule has 1 rings (SSSR count). The van der Waals surface area contributed by atoms with Gasteiger partial charge >= 0.3 is 0 Å². The molecular weight excluding hydrogens is 126 g/mol. The van der Waals surface area contributed by atoms with Gasteiger partial charge in [0.05, 0.1) is 0 Å². The predicted octanol–water partition coefficient (Wildman–Crippen LogP) is -0.250. The summed E-state index contributed by atoms with van der Waals surface area (Å²) in [4.78, 5) is 13.4. The molecule has 0 aliphatic rings. The van der Waals surface area contributed by atoms with Crippen LogP contribution < -0.4 is 16.1 Å². The molecular formula is C8H11NO. The maximum Gasteiger partial charge on any atom is 0.251 e. The highest BCUT2D eigenvalue weighted by Gasteiger charge is 1.88. The molecule has 0 atom stereocenters. The zero-order chi connectivity index (χ0) is 7.72. The van der Waals surface area contributed by atoms with Crippen LogP contribution in [0.3, 0.4) is 0 Å². The molecule has 0 radical (unpaired) electrons. The Balaban J connectivity index is 0.000001000. The SMILES string of the molecule is C=c1cc(C)c(=O)[nH]c1=C.[HH]. The van der Waals surface area contributed by atoms with Crippen LogP contribution in [0.25, 0.3) is 13.2 Å². The van der Waals surface area contributed by atoms with Gasteiger partial charge in [-0.3, -0.25) is 4.79 Å². The summed E-state index contributed by atoms with van der Waals surface area (Å²) in [5.74, 6) is 0. The van der Waals surface area contributed by atoms with Gasteiger partial charge < -0.3 is 4.98 Å². The molecule has 1 heterocycles. The standard InChI is InChI=1S/C8H9NO.H2/c1-5-4-6(2)8(10)9-7(5)3;/h4H,1,3H2,2H3,(H,9,10);1H. The lowest BCUT2D eigenvalue weighted by Gasteiger charge is -1.89. The van der Waals surface area contributed by atoms with Crippen LogP contribution in [0.2, 0.25) is 0 Å². The van der Waals surface area contributed by atoms with E-state index in [0.717, 1.165) is 5.22 Å². The van der Waals surface area contributed by atoms with Gasteiger partial charge in [0.15, 0.2) is 0 Å². The highest BCUT2D eigenvalue weighted by atomic mass is 16.1. The second kappa shape index (κ2) is 2.14. The molecule has 10 heavy (non-hydrogen) atoms. The first kappa shape index (κ1) is 6.81. The normalized spacial score (nSPS) is 9.70. The third-order valence-electron chi connectivity index (χ3n) is 1.40. The molecule has 0 saturated carbocycles. The van der Waals surface area contributed by atoms with Crippen molar-refractivity contribution in [2.24, 2.45) is 0 Å². The van der Waals surface area contributed by atoms with Gasteiger partial charge in [-0.15, -0.1) is 0 Å². The first-order valence-corrected chi connectivity index (χ1v) is 2.99. The van der Waals surface area contributed by atoms with Crippen LogP contribution >= 0.6 is 0 Å². The van der Waals surface area contributed by atoms with Crippen molar-refractivity contribution in [2.75, 3.05) is 0 Å². The van der Waals surface area contributed by atoms with Crippen LogP contribution in [-0.2, 0) is 0 Å². The second-order valence-corrected chi connectivity index (χ2v) is 2.29. The number of aromatic nitrogens is 1. The molecule has 0 aromatic carbocycles. The molecule has 0 fully saturated rings. The lowest BCUT2D eigenvalue weighted by Crippen LogP contribution is -2.33. The number of pyridine rings is 1. The van der Waals surface area contributed by atoms with Crippen molar-refractivity contribution in [3.8, 4) is 0 Å². The van der Waals surface area contributed by atoms with Crippen molar-refractivity contribution in [2.45, 2.75) is 6.92 Å². The molecule has 1 N–H and O–H groups in total.